The number of carbonyl (C=O) groups is 2. The van der Waals surface area contributed by atoms with Crippen molar-refractivity contribution < 1.29 is 9.59 Å². The average Bonchev–Trinajstić information content (AvgIpc) is 3.24. The molecule has 1 aliphatic rings. The average molecular weight is 427 g/mol. The van der Waals surface area contributed by atoms with Crippen molar-refractivity contribution in [2.24, 2.45) is 0 Å². The van der Waals surface area contributed by atoms with Gasteiger partial charge in [-0.1, -0.05) is 67.8 Å². The van der Waals surface area contributed by atoms with Crippen molar-refractivity contribution in [2.75, 3.05) is 0 Å². The maximum Gasteiger partial charge on any atom is 0.243 e. The van der Waals surface area contributed by atoms with E-state index in [-0.39, 0.29) is 24.3 Å². The summed E-state index contributed by atoms with van der Waals surface area (Å²) < 4.78 is 0. The van der Waals surface area contributed by atoms with Gasteiger partial charge in [0.15, 0.2) is 0 Å². The Morgan fingerprint density at radius 1 is 1.10 bits per heavy atom. The lowest BCUT2D eigenvalue weighted by atomic mass is 10.0. The van der Waals surface area contributed by atoms with Gasteiger partial charge < -0.3 is 10.2 Å². The van der Waals surface area contributed by atoms with Crippen LogP contribution in [0, 0.1) is 6.92 Å². The van der Waals surface area contributed by atoms with Crippen LogP contribution >= 0.6 is 11.6 Å². The van der Waals surface area contributed by atoms with E-state index in [9.17, 15) is 9.59 Å². The molecule has 2 aromatic rings. The number of hydrogen-bond acceptors (Lipinski definition) is 2. The summed E-state index contributed by atoms with van der Waals surface area (Å²) in [5.74, 6) is -0.0795. The van der Waals surface area contributed by atoms with Crippen LogP contribution in [-0.4, -0.2) is 28.8 Å². The second-order valence-corrected chi connectivity index (χ2v) is 8.60. The minimum Gasteiger partial charge on any atom is -0.352 e. The predicted octanol–water partition coefficient (Wildman–Crippen LogP) is 5.06. The summed E-state index contributed by atoms with van der Waals surface area (Å²) in [6, 6.07) is 15.1. The summed E-state index contributed by atoms with van der Waals surface area (Å²) in [4.78, 5) is 28.2. The zero-order valence-corrected chi connectivity index (χ0v) is 18.6. The van der Waals surface area contributed by atoms with Crippen LogP contribution in [0.2, 0.25) is 5.02 Å². The molecule has 0 spiro atoms. The monoisotopic (exact) mass is 426 g/mol. The second kappa shape index (κ2) is 10.6. The van der Waals surface area contributed by atoms with Crippen molar-refractivity contribution in [3.05, 3.63) is 70.2 Å². The molecule has 0 heterocycles. The minimum absolute atomic E-state index is 0.0346. The number of aryl methyl sites for hydroxylation is 1. The summed E-state index contributed by atoms with van der Waals surface area (Å²) in [6.07, 6.45) is 5.22. The number of benzene rings is 2. The molecule has 30 heavy (non-hydrogen) atoms. The Morgan fingerprint density at radius 2 is 1.77 bits per heavy atom. The standard InChI is InChI=1S/C25H31ClN2O2/c1-3-23(25(30)27-22-10-6-7-11-22)28(17-19-12-14-21(26)15-13-19)24(29)16-20-9-5-4-8-18(20)2/h4-5,8-9,12-15,22-23H,3,6-7,10-11,16-17H2,1-2H3,(H,27,30)/t23-/m0/s1. The zero-order valence-electron chi connectivity index (χ0n) is 17.9. The first-order chi connectivity index (χ1) is 14.5. The lowest BCUT2D eigenvalue weighted by Crippen LogP contribution is -2.51. The van der Waals surface area contributed by atoms with Gasteiger partial charge in [0.1, 0.15) is 6.04 Å². The minimum atomic E-state index is -0.488. The molecule has 160 valence electrons. The molecule has 3 rings (SSSR count). The molecule has 1 saturated carbocycles. The van der Waals surface area contributed by atoms with Gasteiger partial charge in [0, 0.05) is 17.6 Å². The van der Waals surface area contributed by atoms with Gasteiger partial charge in [-0.15, -0.1) is 0 Å². The van der Waals surface area contributed by atoms with E-state index in [2.05, 4.69) is 5.32 Å². The largest absolute Gasteiger partial charge is 0.352 e. The van der Waals surface area contributed by atoms with Crippen LogP contribution in [0.4, 0.5) is 0 Å². The van der Waals surface area contributed by atoms with Gasteiger partial charge in [-0.3, -0.25) is 9.59 Å². The van der Waals surface area contributed by atoms with Crippen molar-refractivity contribution in [2.45, 2.75) is 71.0 Å². The number of halogens is 1. The van der Waals surface area contributed by atoms with E-state index < -0.39 is 6.04 Å². The van der Waals surface area contributed by atoms with Crippen LogP contribution < -0.4 is 5.32 Å². The van der Waals surface area contributed by atoms with E-state index in [1.807, 2.05) is 62.4 Å². The molecule has 5 heteroatoms. The molecule has 1 N–H and O–H groups in total. The Bertz CT molecular complexity index is 860. The van der Waals surface area contributed by atoms with E-state index in [0.29, 0.717) is 18.0 Å². The highest BCUT2D eigenvalue weighted by molar-refractivity contribution is 6.30. The Hall–Kier alpha value is -2.33. The number of amides is 2. The fraction of sp³-hybridized carbons (Fsp3) is 0.440. The van der Waals surface area contributed by atoms with Crippen molar-refractivity contribution >= 4 is 23.4 Å². The molecule has 4 nitrogen and oxygen atoms in total. The summed E-state index contributed by atoms with van der Waals surface area (Å²) in [7, 11) is 0. The quantitative estimate of drug-likeness (QED) is 0.641. The fourth-order valence-corrected chi connectivity index (χ4v) is 4.27. The van der Waals surface area contributed by atoms with Gasteiger partial charge in [-0.25, -0.2) is 0 Å². The maximum atomic E-state index is 13.4. The lowest BCUT2D eigenvalue weighted by Gasteiger charge is -2.32. The zero-order chi connectivity index (χ0) is 21.5. The second-order valence-electron chi connectivity index (χ2n) is 8.17. The third-order valence-corrected chi connectivity index (χ3v) is 6.21. The number of nitrogens with one attached hydrogen (secondary N) is 1. The highest BCUT2D eigenvalue weighted by Gasteiger charge is 2.30. The number of carbonyl (C=O) groups excluding carboxylic acids is 2. The summed E-state index contributed by atoms with van der Waals surface area (Å²) >= 11 is 6.03. The van der Waals surface area contributed by atoms with Crippen LogP contribution in [0.3, 0.4) is 0 Å². The van der Waals surface area contributed by atoms with Crippen LogP contribution in [0.1, 0.15) is 55.7 Å². The van der Waals surface area contributed by atoms with E-state index in [4.69, 9.17) is 11.6 Å². The lowest BCUT2D eigenvalue weighted by molar-refractivity contribution is -0.141. The third-order valence-electron chi connectivity index (χ3n) is 5.96. The highest BCUT2D eigenvalue weighted by Crippen LogP contribution is 2.20. The van der Waals surface area contributed by atoms with Crippen LogP contribution in [0.15, 0.2) is 48.5 Å². The molecule has 0 saturated heterocycles. The number of rotatable bonds is 8. The molecule has 0 aliphatic heterocycles. The highest BCUT2D eigenvalue weighted by atomic mass is 35.5. The van der Waals surface area contributed by atoms with E-state index in [1.165, 1.54) is 0 Å². The van der Waals surface area contributed by atoms with Gasteiger partial charge in [0.25, 0.3) is 0 Å². The number of hydrogen-bond donors (Lipinski definition) is 1. The molecule has 1 atom stereocenters. The third kappa shape index (κ3) is 5.85. The first-order valence-electron chi connectivity index (χ1n) is 10.9. The Labute approximate surface area is 184 Å². The molecule has 0 unspecified atom stereocenters. The molecule has 2 amide bonds. The first kappa shape index (κ1) is 22.4. The number of nitrogens with zero attached hydrogens (tertiary/aromatic N) is 1. The van der Waals surface area contributed by atoms with E-state index in [0.717, 1.165) is 42.4 Å². The Morgan fingerprint density at radius 3 is 2.40 bits per heavy atom. The SMILES string of the molecule is CC[C@@H](C(=O)NC1CCCC1)N(Cc1ccc(Cl)cc1)C(=O)Cc1ccccc1C. The Balaban J connectivity index is 1.82. The van der Waals surface area contributed by atoms with Gasteiger partial charge in [0.05, 0.1) is 6.42 Å². The molecular formula is C25H31ClN2O2. The molecule has 1 fully saturated rings. The van der Waals surface area contributed by atoms with E-state index >= 15 is 0 Å². The van der Waals surface area contributed by atoms with E-state index in [1.54, 1.807) is 4.90 Å². The molecule has 2 aromatic carbocycles. The first-order valence-corrected chi connectivity index (χ1v) is 11.2. The van der Waals surface area contributed by atoms with Crippen LogP contribution in [-0.2, 0) is 22.6 Å². The predicted molar refractivity (Wildman–Crippen MR) is 121 cm³/mol. The van der Waals surface area contributed by atoms with Crippen LogP contribution in [0.5, 0.6) is 0 Å². The van der Waals surface area contributed by atoms with Crippen molar-refractivity contribution in [1.29, 1.82) is 0 Å². The van der Waals surface area contributed by atoms with Gasteiger partial charge in [0.2, 0.25) is 11.8 Å². The molecule has 0 aromatic heterocycles. The van der Waals surface area contributed by atoms with Gasteiger partial charge >= 0.3 is 0 Å². The van der Waals surface area contributed by atoms with Crippen molar-refractivity contribution in [1.82, 2.24) is 10.2 Å². The summed E-state index contributed by atoms with van der Waals surface area (Å²) in [6.45, 7) is 4.36. The topological polar surface area (TPSA) is 49.4 Å². The smallest absolute Gasteiger partial charge is 0.243 e. The van der Waals surface area contributed by atoms with Gasteiger partial charge in [-0.05, 0) is 55.0 Å². The molecule has 1 aliphatic carbocycles. The van der Waals surface area contributed by atoms with Crippen molar-refractivity contribution in [3.8, 4) is 0 Å². The molecular weight excluding hydrogens is 396 g/mol. The summed E-state index contributed by atoms with van der Waals surface area (Å²) in [5, 5.41) is 3.84. The Kier molecular flexibility index (Phi) is 7.92. The van der Waals surface area contributed by atoms with Gasteiger partial charge in [-0.2, -0.15) is 0 Å². The summed E-state index contributed by atoms with van der Waals surface area (Å²) in [5.41, 5.74) is 3.04. The molecule has 0 radical (unpaired) electrons. The normalized spacial score (nSPS) is 15.0. The molecule has 0 bridgehead atoms. The fourth-order valence-electron chi connectivity index (χ4n) is 4.15. The van der Waals surface area contributed by atoms with Crippen LogP contribution in [0.25, 0.3) is 0 Å². The van der Waals surface area contributed by atoms with Crippen molar-refractivity contribution in [3.63, 3.8) is 0 Å². The maximum absolute atomic E-state index is 13.4.